The van der Waals surface area contributed by atoms with Crippen LogP contribution in [-0.2, 0) is 4.79 Å². The van der Waals surface area contributed by atoms with Crippen molar-refractivity contribution in [1.29, 1.82) is 0 Å². The van der Waals surface area contributed by atoms with Crippen LogP contribution < -0.4 is 5.32 Å². The van der Waals surface area contributed by atoms with Gasteiger partial charge >= 0.3 is 0 Å². The van der Waals surface area contributed by atoms with E-state index < -0.39 is 0 Å². The molecule has 0 aromatic heterocycles. The molecule has 5 heteroatoms. The molecular formula is C16H24N2OS2. The second-order valence-electron chi connectivity index (χ2n) is 5.35. The SMILES string of the molecule is CCC1NC(c2ccc(SC)cc2)N(C(C)CSC)C1=O. The van der Waals surface area contributed by atoms with Gasteiger partial charge in [-0.05, 0) is 43.6 Å². The Balaban J connectivity index is 2.26. The molecule has 3 unspecified atom stereocenters. The van der Waals surface area contributed by atoms with Crippen LogP contribution in [0.15, 0.2) is 29.2 Å². The van der Waals surface area contributed by atoms with Crippen molar-refractivity contribution in [2.45, 2.75) is 43.4 Å². The number of nitrogens with zero attached hydrogens (tertiary/aromatic N) is 1. The minimum atomic E-state index is -0.0560. The summed E-state index contributed by atoms with van der Waals surface area (Å²) in [5.74, 6) is 1.20. The van der Waals surface area contributed by atoms with Gasteiger partial charge in [-0.1, -0.05) is 19.1 Å². The van der Waals surface area contributed by atoms with Crippen molar-refractivity contribution in [2.75, 3.05) is 18.3 Å². The largest absolute Gasteiger partial charge is 0.318 e. The molecule has 1 aromatic carbocycles. The maximum atomic E-state index is 12.6. The molecule has 1 aromatic rings. The number of rotatable bonds is 6. The number of carbonyl (C=O) groups excluding carboxylic acids is 1. The molecule has 2 rings (SSSR count). The van der Waals surface area contributed by atoms with Crippen LogP contribution in [0.4, 0.5) is 0 Å². The zero-order valence-electron chi connectivity index (χ0n) is 13.1. The fourth-order valence-corrected chi connectivity index (χ4v) is 3.83. The first-order valence-electron chi connectivity index (χ1n) is 7.33. The van der Waals surface area contributed by atoms with E-state index in [-0.39, 0.29) is 24.2 Å². The second-order valence-corrected chi connectivity index (χ2v) is 7.14. The van der Waals surface area contributed by atoms with E-state index in [4.69, 9.17) is 0 Å². The van der Waals surface area contributed by atoms with Crippen molar-refractivity contribution in [1.82, 2.24) is 10.2 Å². The molecule has 1 N–H and O–H groups in total. The predicted octanol–water partition coefficient (Wildman–Crippen LogP) is 3.37. The van der Waals surface area contributed by atoms with Crippen LogP contribution in [0.25, 0.3) is 0 Å². The molecule has 21 heavy (non-hydrogen) atoms. The third-order valence-corrected chi connectivity index (χ3v) is 5.47. The first kappa shape index (κ1) is 16.7. The minimum absolute atomic E-state index is 0.000469. The molecule has 1 aliphatic heterocycles. The van der Waals surface area contributed by atoms with Crippen LogP contribution in [0.2, 0.25) is 0 Å². The summed E-state index contributed by atoms with van der Waals surface area (Å²) in [7, 11) is 0. The van der Waals surface area contributed by atoms with E-state index >= 15 is 0 Å². The lowest BCUT2D eigenvalue weighted by molar-refractivity contribution is -0.131. The highest BCUT2D eigenvalue weighted by atomic mass is 32.2. The quantitative estimate of drug-likeness (QED) is 0.813. The van der Waals surface area contributed by atoms with Crippen LogP contribution >= 0.6 is 23.5 Å². The second kappa shape index (κ2) is 7.56. The van der Waals surface area contributed by atoms with E-state index in [1.54, 1.807) is 23.5 Å². The first-order chi connectivity index (χ1) is 10.1. The summed E-state index contributed by atoms with van der Waals surface area (Å²) in [5, 5.41) is 3.49. The minimum Gasteiger partial charge on any atom is -0.318 e. The van der Waals surface area contributed by atoms with Gasteiger partial charge in [-0.3, -0.25) is 10.1 Å². The number of amides is 1. The lowest BCUT2D eigenvalue weighted by Crippen LogP contribution is -2.39. The summed E-state index contributed by atoms with van der Waals surface area (Å²) in [6, 6.07) is 8.70. The van der Waals surface area contributed by atoms with E-state index in [9.17, 15) is 4.79 Å². The standard InChI is InChI=1S/C16H24N2OS2/c1-5-14-16(19)18(11(2)10-20-3)15(17-14)12-6-8-13(21-4)9-7-12/h6-9,11,14-15,17H,5,10H2,1-4H3. The number of benzene rings is 1. The maximum Gasteiger partial charge on any atom is 0.241 e. The third kappa shape index (κ3) is 3.58. The Morgan fingerprint density at radius 1 is 1.29 bits per heavy atom. The Kier molecular flexibility index (Phi) is 6.02. The zero-order chi connectivity index (χ0) is 15.4. The Hall–Kier alpha value is -0.650. The lowest BCUT2D eigenvalue weighted by Gasteiger charge is -2.30. The molecule has 1 fully saturated rings. The highest BCUT2D eigenvalue weighted by Crippen LogP contribution is 2.30. The number of carbonyl (C=O) groups is 1. The van der Waals surface area contributed by atoms with Gasteiger partial charge in [0.05, 0.1) is 6.04 Å². The summed E-state index contributed by atoms with van der Waals surface area (Å²) >= 11 is 3.52. The molecule has 1 saturated heterocycles. The van der Waals surface area contributed by atoms with Gasteiger partial charge in [0, 0.05) is 16.7 Å². The third-order valence-electron chi connectivity index (χ3n) is 3.91. The van der Waals surface area contributed by atoms with Crippen molar-refractivity contribution < 1.29 is 4.79 Å². The number of nitrogens with one attached hydrogen (secondary N) is 1. The average Bonchev–Trinajstić information content (AvgIpc) is 2.84. The van der Waals surface area contributed by atoms with Gasteiger partial charge in [-0.15, -0.1) is 11.8 Å². The lowest BCUT2D eigenvalue weighted by atomic mass is 10.1. The van der Waals surface area contributed by atoms with E-state index in [2.05, 4.69) is 55.9 Å². The average molecular weight is 325 g/mol. The summed E-state index contributed by atoms with van der Waals surface area (Å²) in [6.45, 7) is 4.20. The smallest absolute Gasteiger partial charge is 0.241 e. The predicted molar refractivity (Wildman–Crippen MR) is 92.9 cm³/mol. The molecule has 0 bridgehead atoms. The van der Waals surface area contributed by atoms with Crippen molar-refractivity contribution in [2.24, 2.45) is 0 Å². The number of hydrogen-bond acceptors (Lipinski definition) is 4. The van der Waals surface area contributed by atoms with Gasteiger partial charge in [0.15, 0.2) is 0 Å². The van der Waals surface area contributed by atoms with E-state index in [1.165, 1.54) is 10.5 Å². The molecular weight excluding hydrogens is 300 g/mol. The Bertz CT molecular complexity index is 478. The summed E-state index contributed by atoms with van der Waals surface area (Å²) in [4.78, 5) is 15.9. The maximum absolute atomic E-state index is 12.6. The fourth-order valence-electron chi connectivity index (χ4n) is 2.78. The molecule has 3 atom stereocenters. The molecule has 0 spiro atoms. The van der Waals surface area contributed by atoms with E-state index in [0.717, 1.165) is 12.2 Å². The normalized spacial score (nSPS) is 23.6. The van der Waals surface area contributed by atoms with E-state index in [0.29, 0.717) is 0 Å². The van der Waals surface area contributed by atoms with Crippen LogP contribution in [0.3, 0.4) is 0 Å². The van der Waals surface area contributed by atoms with Crippen molar-refractivity contribution in [3.05, 3.63) is 29.8 Å². The van der Waals surface area contributed by atoms with Gasteiger partial charge in [0.1, 0.15) is 6.17 Å². The first-order valence-corrected chi connectivity index (χ1v) is 9.95. The van der Waals surface area contributed by atoms with Crippen LogP contribution in [0.1, 0.15) is 32.0 Å². The topological polar surface area (TPSA) is 32.3 Å². The molecule has 0 aliphatic carbocycles. The highest BCUT2D eigenvalue weighted by molar-refractivity contribution is 7.98. The molecule has 1 heterocycles. The molecule has 3 nitrogen and oxygen atoms in total. The van der Waals surface area contributed by atoms with Crippen molar-refractivity contribution in [3.8, 4) is 0 Å². The number of thioether (sulfide) groups is 2. The summed E-state index contributed by atoms with van der Waals surface area (Å²) < 4.78 is 0. The number of hydrogen-bond donors (Lipinski definition) is 1. The van der Waals surface area contributed by atoms with Crippen LogP contribution in [0.5, 0.6) is 0 Å². The molecule has 1 amide bonds. The van der Waals surface area contributed by atoms with Crippen molar-refractivity contribution >= 4 is 29.4 Å². The summed E-state index contributed by atoms with van der Waals surface area (Å²) in [6.07, 6.45) is 5.00. The van der Waals surface area contributed by atoms with Crippen LogP contribution in [-0.4, -0.2) is 41.2 Å². The molecule has 0 radical (unpaired) electrons. The summed E-state index contributed by atoms with van der Waals surface area (Å²) in [5.41, 5.74) is 1.17. The van der Waals surface area contributed by atoms with Gasteiger partial charge in [0.2, 0.25) is 5.91 Å². The highest BCUT2D eigenvalue weighted by Gasteiger charge is 2.40. The zero-order valence-corrected chi connectivity index (χ0v) is 14.8. The van der Waals surface area contributed by atoms with Gasteiger partial charge in [-0.2, -0.15) is 11.8 Å². The Labute approximate surface area is 136 Å². The van der Waals surface area contributed by atoms with Crippen molar-refractivity contribution in [3.63, 3.8) is 0 Å². The van der Waals surface area contributed by atoms with Gasteiger partial charge in [0.25, 0.3) is 0 Å². The molecule has 116 valence electrons. The molecule has 1 aliphatic rings. The fraction of sp³-hybridized carbons (Fsp3) is 0.562. The van der Waals surface area contributed by atoms with Crippen LogP contribution in [0, 0.1) is 0 Å². The van der Waals surface area contributed by atoms with E-state index in [1.807, 2.05) is 4.90 Å². The van der Waals surface area contributed by atoms with Gasteiger partial charge in [-0.25, -0.2) is 0 Å². The Morgan fingerprint density at radius 3 is 2.48 bits per heavy atom. The molecule has 0 saturated carbocycles. The monoisotopic (exact) mass is 324 g/mol. The van der Waals surface area contributed by atoms with Gasteiger partial charge < -0.3 is 4.90 Å². The Morgan fingerprint density at radius 2 is 1.95 bits per heavy atom.